The number of allylic oxidation sites excluding steroid dienone is 1. The van der Waals surface area contributed by atoms with Gasteiger partial charge in [0.05, 0.1) is 0 Å². The van der Waals surface area contributed by atoms with Gasteiger partial charge < -0.3 is 10.1 Å². The molecule has 4 rings (SSSR count). The standard InChI is InChI=1S/C24H22ClNO4/c1-24(2)12-17(27)20-18(13-24)30-23(29)21(19(20)14-8-10-16(25)11-9-14)26-22(28)15-6-4-3-5-7-15/h3-11,19,21H,12-13H2,1-2H3,(H,26,28)/t19-,21-/m1/s1. The van der Waals surface area contributed by atoms with Crippen molar-refractivity contribution in [3.63, 3.8) is 0 Å². The van der Waals surface area contributed by atoms with Crippen molar-refractivity contribution in [1.82, 2.24) is 5.32 Å². The minimum atomic E-state index is -1.01. The molecule has 0 unspecified atom stereocenters. The zero-order valence-corrected chi connectivity index (χ0v) is 17.5. The maximum absolute atomic E-state index is 13.1. The lowest BCUT2D eigenvalue weighted by Crippen LogP contribution is -2.51. The van der Waals surface area contributed by atoms with Crippen LogP contribution in [-0.4, -0.2) is 23.7 Å². The number of ketones is 1. The van der Waals surface area contributed by atoms with Gasteiger partial charge in [0.25, 0.3) is 5.91 Å². The molecule has 5 nitrogen and oxygen atoms in total. The van der Waals surface area contributed by atoms with Crippen LogP contribution in [0.5, 0.6) is 0 Å². The number of carbonyl (C=O) groups is 3. The lowest BCUT2D eigenvalue weighted by atomic mass is 9.70. The third-order valence-electron chi connectivity index (χ3n) is 5.55. The van der Waals surface area contributed by atoms with E-state index in [0.29, 0.717) is 34.8 Å². The van der Waals surface area contributed by atoms with Gasteiger partial charge in [-0.15, -0.1) is 0 Å². The molecular formula is C24H22ClNO4. The number of nitrogens with one attached hydrogen (secondary N) is 1. The van der Waals surface area contributed by atoms with Crippen molar-refractivity contribution in [2.45, 2.75) is 38.6 Å². The predicted octanol–water partition coefficient (Wildman–Crippen LogP) is 4.42. The van der Waals surface area contributed by atoms with Crippen LogP contribution in [0.25, 0.3) is 0 Å². The number of hydrogen-bond donors (Lipinski definition) is 1. The van der Waals surface area contributed by atoms with E-state index in [1.807, 2.05) is 19.9 Å². The molecule has 1 aliphatic carbocycles. The Balaban J connectivity index is 1.78. The summed E-state index contributed by atoms with van der Waals surface area (Å²) in [7, 11) is 0. The molecule has 6 heteroatoms. The molecule has 0 aromatic heterocycles. The molecule has 2 aliphatic rings. The molecule has 1 heterocycles. The van der Waals surface area contributed by atoms with Gasteiger partial charge in [0.2, 0.25) is 0 Å². The average molecular weight is 424 g/mol. The molecule has 154 valence electrons. The number of halogens is 1. The van der Waals surface area contributed by atoms with Gasteiger partial charge in [-0.25, -0.2) is 4.79 Å². The number of amides is 1. The number of Topliss-reactive ketones (excluding diaryl/α,β-unsaturated/α-hetero) is 1. The highest BCUT2D eigenvalue weighted by Crippen LogP contribution is 2.46. The largest absolute Gasteiger partial charge is 0.429 e. The molecule has 1 N–H and O–H groups in total. The third kappa shape index (κ3) is 3.90. The molecule has 2 atom stereocenters. The molecule has 1 aliphatic heterocycles. The SMILES string of the molecule is CC1(C)CC(=O)C2=C(C1)OC(=O)[C@H](NC(=O)c1ccccc1)[C@@H]2c1ccc(Cl)cc1. The summed E-state index contributed by atoms with van der Waals surface area (Å²) < 4.78 is 5.60. The van der Waals surface area contributed by atoms with Crippen molar-refractivity contribution in [1.29, 1.82) is 0 Å². The van der Waals surface area contributed by atoms with Crippen molar-refractivity contribution in [3.8, 4) is 0 Å². The monoisotopic (exact) mass is 423 g/mol. The van der Waals surface area contributed by atoms with Crippen molar-refractivity contribution in [3.05, 3.63) is 82.1 Å². The van der Waals surface area contributed by atoms with Crippen LogP contribution in [0.1, 0.15) is 48.5 Å². The maximum Gasteiger partial charge on any atom is 0.334 e. The fourth-order valence-corrected chi connectivity index (χ4v) is 4.31. The summed E-state index contributed by atoms with van der Waals surface area (Å²) in [5.41, 5.74) is 1.33. The van der Waals surface area contributed by atoms with Crippen LogP contribution in [0.2, 0.25) is 5.02 Å². The van der Waals surface area contributed by atoms with Crippen LogP contribution >= 0.6 is 11.6 Å². The summed E-state index contributed by atoms with van der Waals surface area (Å²) in [6, 6.07) is 14.6. The van der Waals surface area contributed by atoms with Crippen LogP contribution in [0, 0.1) is 5.41 Å². The van der Waals surface area contributed by atoms with Crippen LogP contribution in [0.4, 0.5) is 0 Å². The van der Waals surface area contributed by atoms with Gasteiger partial charge in [-0.05, 0) is 35.2 Å². The highest BCUT2D eigenvalue weighted by Gasteiger charge is 2.47. The summed E-state index contributed by atoms with van der Waals surface area (Å²) in [5.74, 6) is -1.25. The van der Waals surface area contributed by atoms with E-state index in [2.05, 4.69) is 5.32 Å². The second kappa shape index (κ2) is 7.73. The van der Waals surface area contributed by atoms with Gasteiger partial charge in [-0.2, -0.15) is 0 Å². The van der Waals surface area contributed by atoms with E-state index >= 15 is 0 Å². The summed E-state index contributed by atoms with van der Waals surface area (Å²) in [5, 5.41) is 3.34. The fourth-order valence-electron chi connectivity index (χ4n) is 4.19. The van der Waals surface area contributed by atoms with E-state index in [4.69, 9.17) is 16.3 Å². The van der Waals surface area contributed by atoms with Crippen LogP contribution in [0.3, 0.4) is 0 Å². The maximum atomic E-state index is 13.1. The lowest BCUT2D eigenvalue weighted by molar-refractivity contribution is -0.145. The average Bonchev–Trinajstić information content (AvgIpc) is 2.69. The van der Waals surface area contributed by atoms with Gasteiger partial charge in [-0.1, -0.05) is 55.8 Å². The molecule has 1 amide bonds. The molecule has 2 aromatic carbocycles. The molecule has 0 spiro atoms. The highest BCUT2D eigenvalue weighted by molar-refractivity contribution is 6.30. The summed E-state index contributed by atoms with van der Waals surface area (Å²) in [6.07, 6.45) is 0.843. The number of esters is 1. The molecule has 30 heavy (non-hydrogen) atoms. The second-order valence-corrected chi connectivity index (χ2v) is 8.98. The minimum Gasteiger partial charge on any atom is -0.429 e. The van der Waals surface area contributed by atoms with E-state index in [-0.39, 0.29) is 11.2 Å². The van der Waals surface area contributed by atoms with E-state index in [1.54, 1.807) is 48.5 Å². The first kappa shape index (κ1) is 20.4. The Morgan fingerprint density at radius 1 is 1.03 bits per heavy atom. The fraction of sp³-hybridized carbons (Fsp3) is 0.292. The third-order valence-corrected chi connectivity index (χ3v) is 5.80. The van der Waals surface area contributed by atoms with E-state index in [1.165, 1.54) is 0 Å². The highest BCUT2D eigenvalue weighted by atomic mass is 35.5. The summed E-state index contributed by atoms with van der Waals surface area (Å²) >= 11 is 6.04. The molecule has 0 radical (unpaired) electrons. The Labute approximate surface area is 180 Å². The molecule has 0 bridgehead atoms. The van der Waals surface area contributed by atoms with Crippen LogP contribution < -0.4 is 5.32 Å². The van der Waals surface area contributed by atoms with Gasteiger partial charge in [0.1, 0.15) is 11.8 Å². The van der Waals surface area contributed by atoms with Gasteiger partial charge in [-0.3, -0.25) is 9.59 Å². The second-order valence-electron chi connectivity index (χ2n) is 8.55. The number of rotatable bonds is 3. The Bertz CT molecular complexity index is 1040. The predicted molar refractivity (Wildman–Crippen MR) is 113 cm³/mol. The number of ether oxygens (including phenoxy) is 1. The van der Waals surface area contributed by atoms with Crippen LogP contribution in [0.15, 0.2) is 65.9 Å². The molecule has 0 fully saturated rings. The normalized spacial score (nSPS) is 22.9. The lowest BCUT2D eigenvalue weighted by Gasteiger charge is -2.40. The topological polar surface area (TPSA) is 72.5 Å². The molecule has 0 saturated heterocycles. The van der Waals surface area contributed by atoms with Crippen LogP contribution in [-0.2, 0) is 14.3 Å². The Kier molecular flexibility index (Phi) is 5.24. The van der Waals surface area contributed by atoms with E-state index < -0.39 is 23.8 Å². The van der Waals surface area contributed by atoms with E-state index in [0.717, 1.165) is 5.56 Å². The number of hydrogen-bond acceptors (Lipinski definition) is 4. The first-order chi connectivity index (χ1) is 14.2. The van der Waals surface area contributed by atoms with Crippen molar-refractivity contribution >= 4 is 29.3 Å². The van der Waals surface area contributed by atoms with Crippen molar-refractivity contribution in [2.75, 3.05) is 0 Å². The van der Waals surface area contributed by atoms with Gasteiger partial charge in [0, 0.05) is 34.9 Å². The molecular weight excluding hydrogens is 402 g/mol. The van der Waals surface area contributed by atoms with Crippen molar-refractivity contribution < 1.29 is 19.1 Å². The molecule has 0 saturated carbocycles. The Morgan fingerprint density at radius 2 is 1.70 bits per heavy atom. The first-order valence-corrected chi connectivity index (χ1v) is 10.2. The Hall–Kier alpha value is -2.92. The summed E-state index contributed by atoms with van der Waals surface area (Å²) in [6.45, 7) is 3.95. The number of carbonyl (C=O) groups excluding carboxylic acids is 3. The van der Waals surface area contributed by atoms with Gasteiger partial charge >= 0.3 is 5.97 Å². The van der Waals surface area contributed by atoms with Crippen molar-refractivity contribution in [2.24, 2.45) is 5.41 Å². The Morgan fingerprint density at radius 3 is 2.37 bits per heavy atom. The quantitative estimate of drug-likeness (QED) is 0.741. The smallest absolute Gasteiger partial charge is 0.334 e. The zero-order valence-electron chi connectivity index (χ0n) is 16.8. The zero-order chi connectivity index (χ0) is 21.5. The number of benzene rings is 2. The molecule has 2 aromatic rings. The first-order valence-electron chi connectivity index (χ1n) is 9.84. The van der Waals surface area contributed by atoms with E-state index in [9.17, 15) is 14.4 Å². The summed E-state index contributed by atoms with van der Waals surface area (Å²) in [4.78, 5) is 38.9. The van der Waals surface area contributed by atoms with Gasteiger partial charge in [0.15, 0.2) is 5.78 Å². The minimum absolute atomic E-state index is 0.0624.